The van der Waals surface area contributed by atoms with Crippen LogP contribution in [0.4, 0.5) is 0 Å². The highest BCUT2D eigenvalue weighted by Crippen LogP contribution is 2.37. The van der Waals surface area contributed by atoms with Crippen LogP contribution in [0.1, 0.15) is 65.2 Å². The van der Waals surface area contributed by atoms with Crippen LogP contribution in [0, 0.1) is 17.8 Å². The molecular formula is C18H34N2. The molecule has 3 aliphatic rings. The zero-order chi connectivity index (χ0) is 13.9. The Kier molecular flexibility index (Phi) is 5.04. The van der Waals surface area contributed by atoms with E-state index in [1.807, 2.05) is 0 Å². The largest absolute Gasteiger partial charge is 0.311 e. The second kappa shape index (κ2) is 6.79. The Bertz CT molecular complexity index is 292. The lowest BCUT2D eigenvalue weighted by Crippen LogP contribution is -2.59. The van der Waals surface area contributed by atoms with E-state index in [4.69, 9.17) is 0 Å². The number of nitrogens with zero attached hydrogens (tertiary/aromatic N) is 1. The van der Waals surface area contributed by atoms with Crippen LogP contribution >= 0.6 is 0 Å². The molecule has 3 fully saturated rings. The summed E-state index contributed by atoms with van der Waals surface area (Å²) in [6, 6.07) is 1.64. The Hall–Kier alpha value is -0.0800. The summed E-state index contributed by atoms with van der Waals surface area (Å²) in [5.41, 5.74) is 0. The van der Waals surface area contributed by atoms with Crippen molar-refractivity contribution in [2.45, 2.75) is 77.3 Å². The normalized spacial score (nSPS) is 33.8. The molecule has 1 heterocycles. The number of hydrogen-bond acceptors (Lipinski definition) is 2. The van der Waals surface area contributed by atoms with Gasteiger partial charge in [0.15, 0.2) is 0 Å². The first-order valence-corrected chi connectivity index (χ1v) is 9.21. The van der Waals surface area contributed by atoms with E-state index in [2.05, 4.69) is 24.1 Å². The topological polar surface area (TPSA) is 15.3 Å². The summed E-state index contributed by atoms with van der Waals surface area (Å²) in [4.78, 5) is 2.87. The fraction of sp³-hybridized carbons (Fsp3) is 1.00. The fourth-order valence-electron chi connectivity index (χ4n) is 4.33. The Morgan fingerprint density at radius 1 is 1.00 bits per heavy atom. The zero-order valence-electron chi connectivity index (χ0n) is 13.6. The third-order valence-corrected chi connectivity index (χ3v) is 5.87. The van der Waals surface area contributed by atoms with Crippen LogP contribution in [-0.2, 0) is 0 Å². The molecule has 2 nitrogen and oxygen atoms in total. The summed E-state index contributed by atoms with van der Waals surface area (Å²) >= 11 is 0. The van der Waals surface area contributed by atoms with Gasteiger partial charge in [0.25, 0.3) is 0 Å². The summed E-state index contributed by atoms with van der Waals surface area (Å²) in [6.07, 6.45) is 11.7. The van der Waals surface area contributed by atoms with E-state index in [9.17, 15) is 0 Å². The van der Waals surface area contributed by atoms with Crippen LogP contribution in [0.2, 0.25) is 0 Å². The van der Waals surface area contributed by atoms with Gasteiger partial charge in [-0.2, -0.15) is 0 Å². The van der Waals surface area contributed by atoms with Gasteiger partial charge in [0.2, 0.25) is 0 Å². The standard InChI is InChI=1S/C18H34N2/c1-14(2)10-11-20-13-17(15-6-4-3-5-7-15)19-12-18(20)16-8-9-16/h14-19H,3-13H2,1-2H3. The van der Waals surface area contributed by atoms with E-state index in [0.717, 1.165) is 29.8 Å². The average molecular weight is 278 g/mol. The van der Waals surface area contributed by atoms with E-state index in [1.54, 1.807) is 0 Å². The Labute approximate surface area is 125 Å². The molecule has 116 valence electrons. The van der Waals surface area contributed by atoms with Crippen LogP contribution in [-0.4, -0.2) is 36.6 Å². The molecule has 1 saturated heterocycles. The van der Waals surface area contributed by atoms with Gasteiger partial charge in [-0.15, -0.1) is 0 Å². The number of hydrogen-bond donors (Lipinski definition) is 1. The molecule has 2 saturated carbocycles. The van der Waals surface area contributed by atoms with Crippen molar-refractivity contribution < 1.29 is 0 Å². The first-order chi connectivity index (χ1) is 9.74. The molecule has 0 spiro atoms. The molecule has 1 N–H and O–H groups in total. The molecule has 2 atom stereocenters. The van der Waals surface area contributed by atoms with E-state index >= 15 is 0 Å². The summed E-state index contributed by atoms with van der Waals surface area (Å²) in [7, 11) is 0. The van der Waals surface area contributed by atoms with Crippen LogP contribution in [0.25, 0.3) is 0 Å². The molecule has 20 heavy (non-hydrogen) atoms. The third kappa shape index (κ3) is 3.76. The minimum absolute atomic E-state index is 0.789. The van der Waals surface area contributed by atoms with Crippen molar-refractivity contribution in [1.82, 2.24) is 10.2 Å². The predicted molar refractivity (Wildman–Crippen MR) is 85.9 cm³/mol. The van der Waals surface area contributed by atoms with E-state index in [1.165, 1.54) is 71.0 Å². The number of piperazine rings is 1. The van der Waals surface area contributed by atoms with Gasteiger partial charge >= 0.3 is 0 Å². The molecule has 2 unspecified atom stereocenters. The first kappa shape index (κ1) is 14.8. The molecular weight excluding hydrogens is 244 g/mol. The summed E-state index contributed by atoms with van der Waals surface area (Å²) in [6.45, 7) is 8.67. The van der Waals surface area contributed by atoms with Gasteiger partial charge in [-0.25, -0.2) is 0 Å². The molecule has 2 aliphatic carbocycles. The summed E-state index contributed by atoms with van der Waals surface area (Å²) < 4.78 is 0. The summed E-state index contributed by atoms with van der Waals surface area (Å²) in [5, 5.41) is 3.94. The highest BCUT2D eigenvalue weighted by atomic mass is 15.2. The lowest BCUT2D eigenvalue weighted by Gasteiger charge is -2.44. The van der Waals surface area contributed by atoms with Crippen LogP contribution in [0.5, 0.6) is 0 Å². The van der Waals surface area contributed by atoms with Gasteiger partial charge in [0.05, 0.1) is 0 Å². The molecule has 0 bridgehead atoms. The molecule has 1 aliphatic heterocycles. The first-order valence-electron chi connectivity index (χ1n) is 9.21. The number of rotatable bonds is 5. The highest BCUT2D eigenvalue weighted by Gasteiger charge is 2.40. The van der Waals surface area contributed by atoms with Crippen molar-refractivity contribution in [3.05, 3.63) is 0 Å². The minimum atomic E-state index is 0.789. The molecule has 2 heteroatoms. The van der Waals surface area contributed by atoms with Crippen LogP contribution < -0.4 is 5.32 Å². The van der Waals surface area contributed by atoms with Crippen molar-refractivity contribution in [2.75, 3.05) is 19.6 Å². The van der Waals surface area contributed by atoms with Crippen molar-refractivity contribution >= 4 is 0 Å². The van der Waals surface area contributed by atoms with Gasteiger partial charge < -0.3 is 5.32 Å². The van der Waals surface area contributed by atoms with Gasteiger partial charge in [0.1, 0.15) is 0 Å². The van der Waals surface area contributed by atoms with Gasteiger partial charge in [-0.1, -0.05) is 33.1 Å². The van der Waals surface area contributed by atoms with Crippen LogP contribution in [0.3, 0.4) is 0 Å². The van der Waals surface area contributed by atoms with Crippen LogP contribution in [0.15, 0.2) is 0 Å². The molecule has 3 rings (SSSR count). The monoisotopic (exact) mass is 278 g/mol. The van der Waals surface area contributed by atoms with Crippen molar-refractivity contribution in [1.29, 1.82) is 0 Å². The Morgan fingerprint density at radius 3 is 2.40 bits per heavy atom. The van der Waals surface area contributed by atoms with Crippen molar-refractivity contribution in [2.24, 2.45) is 17.8 Å². The zero-order valence-corrected chi connectivity index (χ0v) is 13.6. The molecule has 0 aromatic carbocycles. The quantitative estimate of drug-likeness (QED) is 0.825. The molecule has 0 radical (unpaired) electrons. The second-order valence-corrected chi connectivity index (χ2v) is 8.00. The lowest BCUT2D eigenvalue weighted by atomic mass is 9.82. The second-order valence-electron chi connectivity index (χ2n) is 8.00. The maximum absolute atomic E-state index is 3.94. The SMILES string of the molecule is CC(C)CCN1CC(C2CCCCC2)NCC1C1CC1. The average Bonchev–Trinajstić information content (AvgIpc) is 3.30. The maximum atomic E-state index is 3.94. The smallest absolute Gasteiger partial charge is 0.0249 e. The minimum Gasteiger partial charge on any atom is -0.311 e. The number of nitrogens with one attached hydrogen (secondary N) is 1. The van der Waals surface area contributed by atoms with Gasteiger partial charge in [0, 0.05) is 25.2 Å². The van der Waals surface area contributed by atoms with Crippen molar-refractivity contribution in [3.63, 3.8) is 0 Å². The van der Waals surface area contributed by atoms with E-state index in [0.29, 0.717) is 0 Å². The molecule has 0 amide bonds. The fourth-order valence-corrected chi connectivity index (χ4v) is 4.33. The van der Waals surface area contributed by atoms with Gasteiger partial charge in [-0.3, -0.25) is 4.90 Å². The molecule has 0 aromatic rings. The lowest BCUT2D eigenvalue weighted by molar-refractivity contribution is 0.0805. The highest BCUT2D eigenvalue weighted by molar-refractivity contribution is 4.97. The van der Waals surface area contributed by atoms with Gasteiger partial charge in [-0.05, 0) is 56.4 Å². The Balaban J connectivity index is 1.56. The van der Waals surface area contributed by atoms with Crippen molar-refractivity contribution in [3.8, 4) is 0 Å². The van der Waals surface area contributed by atoms with E-state index < -0.39 is 0 Å². The summed E-state index contributed by atoms with van der Waals surface area (Å²) in [5.74, 6) is 2.82. The molecule has 0 aromatic heterocycles. The Morgan fingerprint density at radius 2 is 1.75 bits per heavy atom. The third-order valence-electron chi connectivity index (χ3n) is 5.87. The predicted octanol–water partition coefficient (Wildman–Crippen LogP) is 3.67. The van der Waals surface area contributed by atoms with E-state index in [-0.39, 0.29) is 0 Å². The maximum Gasteiger partial charge on any atom is 0.0249 e.